The third-order valence-electron chi connectivity index (χ3n) is 2.31. The van der Waals surface area contributed by atoms with Crippen molar-refractivity contribution in [2.24, 2.45) is 7.05 Å². The quantitative estimate of drug-likeness (QED) is 0.916. The van der Waals surface area contributed by atoms with Crippen LogP contribution in [0.4, 0.5) is 10.2 Å². The van der Waals surface area contributed by atoms with Gasteiger partial charge < -0.3 is 0 Å². The molecule has 0 aliphatic rings. The zero-order chi connectivity index (χ0) is 14.0. The van der Waals surface area contributed by atoms with E-state index in [-0.39, 0.29) is 11.4 Å². The predicted molar refractivity (Wildman–Crippen MR) is 65.1 cm³/mol. The van der Waals surface area contributed by atoms with E-state index < -0.39 is 20.7 Å². The second-order valence-corrected chi connectivity index (χ2v) is 5.36. The average Bonchev–Trinajstić information content (AvgIpc) is 2.69. The Morgan fingerprint density at radius 1 is 1.42 bits per heavy atom. The molecule has 6 nitrogen and oxygen atoms in total. The first-order chi connectivity index (χ1) is 8.94. The fraction of sp³-hybridized carbons (Fsp3) is 0.0909. The molecule has 0 fully saturated rings. The van der Waals surface area contributed by atoms with E-state index in [9.17, 15) is 12.8 Å². The third kappa shape index (κ3) is 2.56. The molecule has 0 radical (unpaired) electrons. The van der Waals surface area contributed by atoms with Crippen molar-refractivity contribution in [1.82, 2.24) is 9.78 Å². The maximum absolute atomic E-state index is 13.5. The van der Waals surface area contributed by atoms with Gasteiger partial charge in [0.25, 0.3) is 10.0 Å². The van der Waals surface area contributed by atoms with Crippen LogP contribution < -0.4 is 4.72 Å². The highest BCUT2D eigenvalue weighted by Gasteiger charge is 2.21. The smallest absolute Gasteiger partial charge is 0.266 e. The zero-order valence-corrected chi connectivity index (χ0v) is 10.6. The Kier molecular flexibility index (Phi) is 3.23. The summed E-state index contributed by atoms with van der Waals surface area (Å²) in [7, 11) is -2.57. The molecule has 1 N–H and O–H groups in total. The summed E-state index contributed by atoms with van der Waals surface area (Å²) in [4.78, 5) is -0.496. The van der Waals surface area contributed by atoms with Gasteiger partial charge in [0.1, 0.15) is 22.3 Å². The number of nitrogens with one attached hydrogen (secondary N) is 1. The standard InChI is InChI=1S/C11H9FN4O2S/c1-16-7-8(6-13)11(14-16)15-19(17,18)10-5-3-2-4-9(10)12/h2-5,7H,1H3,(H,14,15). The number of benzene rings is 1. The Labute approximate surface area is 109 Å². The molecule has 1 aromatic heterocycles. The second kappa shape index (κ2) is 4.70. The minimum Gasteiger partial charge on any atom is -0.272 e. The third-order valence-corrected chi connectivity index (χ3v) is 3.68. The van der Waals surface area contributed by atoms with Crippen LogP contribution >= 0.6 is 0 Å². The Hall–Kier alpha value is -2.40. The van der Waals surface area contributed by atoms with E-state index in [0.29, 0.717) is 0 Å². The van der Waals surface area contributed by atoms with Crippen LogP contribution in [0.2, 0.25) is 0 Å². The molecule has 2 rings (SSSR count). The topological polar surface area (TPSA) is 87.8 Å². The molecule has 0 bridgehead atoms. The molecule has 1 heterocycles. The van der Waals surface area contributed by atoms with Gasteiger partial charge in [0, 0.05) is 13.2 Å². The molecule has 0 spiro atoms. The zero-order valence-electron chi connectivity index (χ0n) is 9.83. The predicted octanol–water partition coefficient (Wildman–Crippen LogP) is 1.23. The number of rotatable bonds is 3. The fourth-order valence-electron chi connectivity index (χ4n) is 1.49. The van der Waals surface area contributed by atoms with Crippen molar-refractivity contribution in [3.63, 3.8) is 0 Å². The molecule has 1 aromatic carbocycles. The molecule has 0 saturated carbocycles. The molecule has 0 aliphatic carbocycles. The number of nitrogens with zero attached hydrogens (tertiary/aromatic N) is 3. The molecule has 0 amide bonds. The summed E-state index contributed by atoms with van der Waals surface area (Å²) in [5.74, 6) is -1.00. The van der Waals surface area contributed by atoms with Gasteiger partial charge in [0.05, 0.1) is 0 Å². The van der Waals surface area contributed by atoms with Gasteiger partial charge in [-0.1, -0.05) is 12.1 Å². The Bertz CT molecular complexity index is 761. The van der Waals surface area contributed by atoms with E-state index >= 15 is 0 Å². The molecule has 0 unspecified atom stereocenters. The highest BCUT2D eigenvalue weighted by molar-refractivity contribution is 7.92. The van der Waals surface area contributed by atoms with E-state index in [2.05, 4.69) is 9.82 Å². The van der Waals surface area contributed by atoms with Crippen LogP contribution in [0.1, 0.15) is 5.56 Å². The highest BCUT2D eigenvalue weighted by Crippen LogP contribution is 2.19. The molecule has 0 saturated heterocycles. The van der Waals surface area contributed by atoms with Gasteiger partial charge >= 0.3 is 0 Å². The van der Waals surface area contributed by atoms with Crippen molar-refractivity contribution in [3.8, 4) is 6.07 Å². The maximum Gasteiger partial charge on any atom is 0.266 e. The largest absolute Gasteiger partial charge is 0.272 e. The minimum atomic E-state index is -4.12. The first kappa shape index (κ1) is 13.0. The minimum absolute atomic E-state index is 0.0578. The van der Waals surface area contributed by atoms with Gasteiger partial charge in [-0.05, 0) is 12.1 Å². The van der Waals surface area contributed by atoms with Crippen molar-refractivity contribution in [2.45, 2.75) is 4.90 Å². The normalized spacial score (nSPS) is 11.0. The summed E-state index contributed by atoms with van der Waals surface area (Å²) in [5.41, 5.74) is 0.0578. The van der Waals surface area contributed by atoms with Gasteiger partial charge in [-0.3, -0.25) is 9.40 Å². The summed E-state index contributed by atoms with van der Waals surface area (Å²) >= 11 is 0. The van der Waals surface area contributed by atoms with Crippen molar-refractivity contribution >= 4 is 15.8 Å². The first-order valence-corrected chi connectivity index (χ1v) is 6.63. The monoisotopic (exact) mass is 280 g/mol. The van der Waals surface area contributed by atoms with Crippen LogP contribution in [-0.2, 0) is 17.1 Å². The molecule has 0 aliphatic heterocycles. The summed E-state index contributed by atoms with van der Waals surface area (Å²) in [6, 6.07) is 6.76. The Morgan fingerprint density at radius 2 is 2.11 bits per heavy atom. The second-order valence-electron chi connectivity index (χ2n) is 3.71. The number of anilines is 1. The van der Waals surface area contributed by atoms with Gasteiger partial charge in [0.2, 0.25) is 0 Å². The van der Waals surface area contributed by atoms with Gasteiger partial charge in [-0.15, -0.1) is 0 Å². The molecule has 19 heavy (non-hydrogen) atoms. The Balaban J connectivity index is 2.43. The fourth-order valence-corrected chi connectivity index (χ4v) is 2.59. The van der Waals surface area contributed by atoms with Crippen molar-refractivity contribution in [1.29, 1.82) is 5.26 Å². The van der Waals surface area contributed by atoms with Crippen LogP contribution in [0.25, 0.3) is 0 Å². The van der Waals surface area contributed by atoms with E-state index in [1.54, 1.807) is 13.1 Å². The van der Waals surface area contributed by atoms with E-state index in [4.69, 9.17) is 5.26 Å². The van der Waals surface area contributed by atoms with Crippen LogP contribution in [0.15, 0.2) is 35.4 Å². The number of hydrogen-bond donors (Lipinski definition) is 1. The highest BCUT2D eigenvalue weighted by atomic mass is 32.2. The lowest BCUT2D eigenvalue weighted by molar-refractivity contribution is 0.570. The summed E-state index contributed by atoms with van der Waals surface area (Å²) in [6.45, 7) is 0. The number of aryl methyl sites for hydroxylation is 1. The number of halogens is 1. The van der Waals surface area contributed by atoms with E-state index in [1.807, 2.05) is 0 Å². The van der Waals surface area contributed by atoms with Gasteiger partial charge in [-0.25, -0.2) is 12.8 Å². The maximum atomic E-state index is 13.5. The summed E-state index contributed by atoms with van der Waals surface area (Å²) in [6.07, 6.45) is 1.36. The van der Waals surface area contributed by atoms with Crippen LogP contribution in [-0.4, -0.2) is 18.2 Å². The molecule has 98 valence electrons. The summed E-state index contributed by atoms with van der Waals surface area (Å²) < 4.78 is 40.8. The van der Waals surface area contributed by atoms with Crippen LogP contribution in [0, 0.1) is 17.1 Å². The lowest BCUT2D eigenvalue weighted by Crippen LogP contribution is -2.15. The first-order valence-electron chi connectivity index (χ1n) is 5.15. The van der Waals surface area contributed by atoms with Crippen molar-refractivity contribution in [2.75, 3.05) is 4.72 Å². The molecular formula is C11H9FN4O2S. The SMILES string of the molecule is Cn1cc(C#N)c(NS(=O)(=O)c2ccccc2F)n1. The van der Waals surface area contributed by atoms with Crippen LogP contribution in [0.3, 0.4) is 0 Å². The lowest BCUT2D eigenvalue weighted by Gasteiger charge is -2.06. The molecular weight excluding hydrogens is 271 g/mol. The number of aromatic nitrogens is 2. The Morgan fingerprint density at radius 3 is 2.74 bits per heavy atom. The number of nitriles is 1. The summed E-state index contributed by atoms with van der Waals surface area (Å²) in [5, 5.41) is 12.6. The van der Waals surface area contributed by atoms with Crippen LogP contribution in [0.5, 0.6) is 0 Å². The van der Waals surface area contributed by atoms with Crippen molar-refractivity contribution in [3.05, 3.63) is 41.8 Å². The molecule has 8 heteroatoms. The number of sulfonamides is 1. The van der Waals surface area contributed by atoms with Gasteiger partial charge in [0.15, 0.2) is 5.82 Å². The van der Waals surface area contributed by atoms with E-state index in [1.165, 1.54) is 23.0 Å². The van der Waals surface area contributed by atoms with Gasteiger partial charge in [-0.2, -0.15) is 10.4 Å². The molecule has 2 aromatic rings. The van der Waals surface area contributed by atoms with Crippen molar-refractivity contribution < 1.29 is 12.8 Å². The average molecular weight is 280 g/mol. The number of hydrogen-bond acceptors (Lipinski definition) is 4. The van der Waals surface area contributed by atoms with E-state index in [0.717, 1.165) is 12.1 Å². The lowest BCUT2D eigenvalue weighted by atomic mass is 10.3. The molecule has 0 atom stereocenters.